The molecule has 0 bridgehead atoms. The number of nitrogens with one attached hydrogen (secondary N) is 1. The molecule has 3 N–H and O–H groups in total. The van der Waals surface area contributed by atoms with E-state index in [0.717, 1.165) is 26.1 Å². The molecule has 2 saturated heterocycles. The highest BCUT2D eigenvalue weighted by Crippen LogP contribution is 2.29. The van der Waals surface area contributed by atoms with Crippen LogP contribution in [0.4, 0.5) is 0 Å². The van der Waals surface area contributed by atoms with Crippen LogP contribution in [0.25, 0.3) is 0 Å². The summed E-state index contributed by atoms with van der Waals surface area (Å²) in [5.74, 6) is 0.0839. The van der Waals surface area contributed by atoms with Crippen molar-refractivity contribution < 1.29 is 4.79 Å². The molecule has 4 heteroatoms. The summed E-state index contributed by atoms with van der Waals surface area (Å²) < 4.78 is 0. The van der Waals surface area contributed by atoms with E-state index in [-0.39, 0.29) is 18.0 Å². The second-order valence-corrected chi connectivity index (χ2v) is 3.73. The molecule has 4 nitrogen and oxygen atoms in total. The quantitative estimate of drug-likeness (QED) is 0.524. The molecule has 1 amide bonds. The van der Waals surface area contributed by atoms with E-state index in [9.17, 15) is 4.79 Å². The summed E-state index contributed by atoms with van der Waals surface area (Å²) in [7, 11) is 0. The van der Waals surface area contributed by atoms with Crippen LogP contribution in [0.3, 0.4) is 0 Å². The fourth-order valence-corrected chi connectivity index (χ4v) is 2.04. The van der Waals surface area contributed by atoms with Gasteiger partial charge in [0.1, 0.15) is 0 Å². The fraction of sp³-hybridized carbons (Fsp3) is 0.875. The molecular formula is C8H15N3O. The van der Waals surface area contributed by atoms with E-state index in [1.807, 2.05) is 4.90 Å². The molecule has 0 aromatic rings. The Bertz CT molecular complexity index is 200. The summed E-state index contributed by atoms with van der Waals surface area (Å²) in [5.41, 5.74) is 5.56. The summed E-state index contributed by atoms with van der Waals surface area (Å²) in [6.07, 6.45) is 2.31. The van der Waals surface area contributed by atoms with Gasteiger partial charge in [-0.3, -0.25) is 4.79 Å². The maximum atomic E-state index is 11.2. The number of amides is 1. The van der Waals surface area contributed by atoms with E-state index in [1.54, 1.807) is 0 Å². The van der Waals surface area contributed by atoms with Crippen LogP contribution in [0.1, 0.15) is 12.8 Å². The molecule has 1 atom stereocenters. The van der Waals surface area contributed by atoms with Crippen LogP contribution in [-0.2, 0) is 4.79 Å². The second kappa shape index (κ2) is 2.71. The Hall–Kier alpha value is -0.610. The van der Waals surface area contributed by atoms with Gasteiger partial charge in [-0.1, -0.05) is 0 Å². The minimum atomic E-state index is 0.0839. The van der Waals surface area contributed by atoms with Crippen LogP contribution in [0.5, 0.6) is 0 Å². The molecule has 2 aliphatic rings. The molecule has 2 fully saturated rings. The molecule has 12 heavy (non-hydrogen) atoms. The van der Waals surface area contributed by atoms with Gasteiger partial charge in [0, 0.05) is 18.6 Å². The topological polar surface area (TPSA) is 58.4 Å². The van der Waals surface area contributed by atoms with Crippen LogP contribution in [0.2, 0.25) is 0 Å². The number of likely N-dealkylation sites (tertiary alicyclic amines) is 1. The van der Waals surface area contributed by atoms with Crippen molar-refractivity contribution in [1.29, 1.82) is 0 Å². The van der Waals surface area contributed by atoms with E-state index in [1.165, 1.54) is 6.42 Å². The van der Waals surface area contributed by atoms with Crippen molar-refractivity contribution in [2.45, 2.75) is 18.4 Å². The highest BCUT2D eigenvalue weighted by molar-refractivity contribution is 5.78. The fourth-order valence-electron chi connectivity index (χ4n) is 2.04. The van der Waals surface area contributed by atoms with E-state index in [0.29, 0.717) is 0 Å². The normalized spacial score (nSPS) is 33.9. The highest BCUT2D eigenvalue weighted by Gasteiger charge is 2.43. The van der Waals surface area contributed by atoms with Gasteiger partial charge in [-0.25, -0.2) is 0 Å². The number of hydrogen-bond acceptors (Lipinski definition) is 3. The van der Waals surface area contributed by atoms with Gasteiger partial charge in [-0.15, -0.1) is 0 Å². The summed E-state index contributed by atoms with van der Waals surface area (Å²) >= 11 is 0. The highest BCUT2D eigenvalue weighted by atomic mass is 16.2. The predicted molar refractivity (Wildman–Crippen MR) is 45.6 cm³/mol. The molecule has 2 rings (SSSR count). The van der Waals surface area contributed by atoms with Gasteiger partial charge in [0.05, 0.1) is 6.54 Å². The average molecular weight is 169 g/mol. The molecule has 0 aliphatic carbocycles. The maximum Gasteiger partial charge on any atom is 0.236 e. The zero-order valence-corrected chi connectivity index (χ0v) is 7.18. The zero-order valence-electron chi connectivity index (χ0n) is 7.18. The lowest BCUT2D eigenvalue weighted by atomic mass is 9.87. The van der Waals surface area contributed by atoms with Crippen molar-refractivity contribution in [2.24, 2.45) is 5.73 Å². The Morgan fingerprint density at radius 3 is 2.75 bits per heavy atom. The first kappa shape index (κ1) is 8.01. The Labute approximate surface area is 72.1 Å². The van der Waals surface area contributed by atoms with Crippen LogP contribution in [0, 0.1) is 0 Å². The molecule has 0 aromatic carbocycles. The lowest BCUT2D eigenvalue weighted by Gasteiger charge is -2.39. The van der Waals surface area contributed by atoms with Crippen LogP contribution >= 0.6 is 0 Å². The standard InChI is InChI=1S/C8H15N3O/c9-5-7(12)11-4-2-8(6-11)1-3-10-8/h10H,1-6,9H2/t8-/m1/s1. The van der Waals surface area contributed by atoms with Crippen LogP contribution < -0.4 is 11.1 Å². The Morgan fingerprint density at radius 1 is 1.58 bits per heavy atom. The van der Waals surface area contributed by atoms with Crippen molar-refractivity contribution in [1.82, 2.24) is 10.2 Å². The summed E-state index contributed by atoms with van der Waals surface area (Å²) in [4.78, 5) is 13.1. The first-order valence-electron chi connectivity index (χ1n) is 4.49. The average Bonchev–Trinajstić information content (AvgIpc) is 2.46. The number of nitrogens with zero attached hydrogens (tertiary/aromatic N) is 1. The van der Waals surface area contributed by atoms with Gasteiger partial charge < -0.3 is 16.0 Å². The third kappa shape index (κ3) is 1.11. The van der Waals surface area contributed by atoms with E-state index in [4.69, 9.17) is 5.73 Å². The van der Waals surface area contributed by atoms with Gasteiger partial charge in [0.2, 0.25) is 5.91 Å². The van der Waals surface area contributed by atoms with Crippen LogP contribution in [-0.4, -0.2) is 42.5 Å². The lowest BCUT2D eigenvalue weighted by molar-refractivity contribution is -0.129. The molecule has 0 aromatic heterocycles. The molecular weight excluding hydrogens is 154 g/mol. The summed E-state index contributed by atoms with van der Waals surface area (Å²) in [5, 5.41) is 3.40. The number of rotatable bonds is 1. The minimum Gasteiger partial charge on any atom is -0.340 e. The predicted octanol–water partition coefficient (Wildman–Crippen LogP) is -1.09. The zero-order chi connectivity index (χ0) is 8.60. The molecule has 0 saturated carbocycles. The Morgan fingerprint density at radius 2 is 2.33 bits per heavy atom. The molecule has 2 heterocycles. The van der Waals surface area contributed by atoms with Gasteiger partial charge in [-0.2, -0.15) is 0 Å². The van der Waals surface area contributed by atoms with Gasteiger partial charge in [-0.05, 0) is 19.4 Å². The third-order valence-corrected chi connectivity index (χ3v) is 2.98. The number of carbonyl (C=O) groups excluding carboxylic acids is 1. The molecule has 0 unspecified atom stereocenters. The first-order chi connectivity index (χ1) is 5.76. The van der Waals surface area contributed by atoms with Crippen molar-refractivity contribution in [2.75, 3.05) is 26.2 Å². The molecule has 68 valence electrons. The lowest BCUT2D eigenvalue weighted by Crippen LogP contribution is -2.58. The molecule has 2 aliphatic heterocycles. The third-order valence-electron chi connectivity index (χ3n) is 2.98. The first-order valence-corrected chi connectivity index (χ1v) is 4.49. The second-order valence-electron chi connectivity index (χ2n) is 3.73. The number of nitrogens with two attached hydrogens (primary N) is 1. The number of hydrogen-bond donors (Lipinski definition) is 2. The Kier molecular flexibility index (Phi) is 1.81. The summed E-state index contributed by atoms with van der Waals surface area (Å²) in [6, 6.07) is 0. The van der Waals surface area contributed by atoms with Gasteiger partial charge >= 0.3 is 0 Å². The van der Waals surface area contributed by atoms with Crippen molar-refractivity contribution in [3.8, 4) is 0 Å². The van der Waals surface area contributed by atoms with Crippen molar-refractivity contribution in [3.63, 3.8) is 0 Å². The largest absolute Gasteiger partial charge is 0.340 e. The van der Waals surface area contributed by atoms with Crippen LogP contribution in [0.15, 0.2) is 0 Å². The molecule has 0 radical (unpaired) electrons. The molecule has 1 spiro atoms. The van der Waals surface area contributed by atoms with E-state index < -0.39 is 0 Å². The smallest absolute Gasteiger partial charge is 0.236 e. The monoisotopic (exact) mass is 169 g/mol. The number of carbonyl (C=O) groups is 1. The maximum absolute atomic E-state index is 11.2. The van der Waals surface area contributed by atoms with E-state index >= 15 is 0 Å². The SMILES string of the molecule is NCC(=O)N1CC[C@]2(CCN2)C1. The van der Waals surface area contributed by atoms with Crippen molar-refractivity contribution >= 4 is 5.91 Å². The van der Waals surface area contributed by atoms with Gasteiger partial charge in [0.15, 0.2) is 0 Å². The Balaban J connectivity index is 1.93. The minimum absolute atomic E-state index is 0.0839. The summed E-state index contributed by atoms with van der Waals surface area (Å²) in [6.45, 7) is 2.99. The van der Waals surface area contributed by atoms with E-state index in [2.05, 4.69) is 5.32 Å². The van der Waals surface area contributed by atoms with Gasteiger partial charge in [0.25, 0.3) is 0 Å². The van der Waals surface area contributed by atoms with Crippen molar-refractivity contribution in [3.05, 3.63) is 0 Å².